The molecular formula is C18H17ClN2OS. The second kappa shape index (κ2) is 5.95. The molecule has 0 spiro atoms. The van der Waals surface area contributed by atoms with Crippen molar-refractivity contribution >= 4 is 44.6 Å². The van der Waals surface area contributed by atoms with Crippen LogP contribution in [0.5, 0.6) is 0 Å². The molecule has 0 aliphatic rings. The quantitative estimate of drug-likeness (QED) is 0.614. The van der Waals surface area contributed by atoms with E-state index in [-0.39, 0.29) is 5.91 Å². The van der Waals surface area contributed by atoms with Crippen LogP contribution < -0.4 is 5.32 Å². The van der Waals surface area contributed by atoms with Gasteiger partial charge in [-0.15, -0.1) is 11.3 Å². The second-order valence-corrected chi connectivity index (χ2v) is 7.83. The van der Waals surface area contributed by atoms with Gasteiger partial charge < -0.3 is 5.32 Å². The maximum Gasteiger partial charge on any atom is 0.229 e. The third kappa shape index (κ3) is 3.38. The lowest BCUT2D eigenvalue weighted by Gasteiger charge is -2.18. The third-order valence-electron chi connectivity index (χ3n) is 3.46. The number of amides is 1. The lowest BCUT2D eigenvalue weighted by Crippen LogP contribution is -2.27. The summed E-state index contributed by atoms with van der Waals surface area (Å²) in [5.41, 5.74) is 0.870. The maximum atomic E-state index is 12.1. The van der Waals surface area contributed by atoms with Gasteiger partial charge in [-0.25, -0.2) is 4.98 Å². The highest BCUT2D eigenvalue weighted by atomic mass is 35.5. The van der Waals surface area contributed by atoms with Crippen LogP contribution in [0.1, 0.15) is 20.8 Å². The zero-order valence-corrected chi connectivity index (χ0v) is 14.8. The average Bonchev–Trinajstić information content (AvgIpc) is 2.92. The first-order valence-corrected chi connectivity index (χ1v) is 8.51. The Morgan fingerprint density at radius 3 is 2.57 bits per heavy atom. The number of hydrogen-bond acceptors (Lipinski definition) is 3. The zero-order valence-electron chi connectivity index (χ0n) is 13.2. The largest absolute Gasteiger partial charge is 0.323 e. The molecule has 0 atom stereocenters. The molecule has 1 aromatic carbocycles. The number of carbonyl (C=O) groups is 1. The van der Waals surface area contributed by atoms with Gasteiger partial charge in [0.1, 0.15) is 0 Å². The van der Waals surface area contributed by atoms with Crippen molar-refractivity contribution in [2.75, 3.05) is 5.32 Å². The number of anilines is 1. The molecule has 5 heteroatoms. The summed E-state index contributed by atoms with van der Waals surface area (Å²) in [5.74, 6) is -0.0872. The molecule has 23 heavy (non-hydrogen) atoms. The van der Waals surface area contributed by atoms with Gasteiger partial charge in [-0.2, -0.15) is 0 Å². The van der Waals surface area contributed by atoms with Crippen molar-refractivity contribution in [2.24, 2.45) is 5.41 Å². The predicted octanol–water partition coefficient (Wildman–Crippen LogP) is 5.60. The Labute approximate surface area is 144 Å². The molecule has 1 amide bonds. The molecule has 3 nitrogen and oxygen atoms in total. The monoisotopic (exact) mass is 344 g/mol. The summed E-state index contributed by atoms with van der Waals surface area (Å²) in [6.07, 6.45) is 0. The van der Waals surface area contributed by atoms with E-state index in [0.717, 1.165) is 10.6 Å². The average molecular weight is 345 g/mol. The van der Waals surface area contributed by atoms with Gasteiger partial charge in [0.2, 0.25) is 5.91 Å². The van der Waals surface area contributed by atoms with Gasteiger partial charge >= 0.3 is 0 Å². The summed E-state index contributed by atoms with van der Waals surface area (Å²) < 4.78 is 1.21. The van der Waals surface area contributed by atoms with Crippen molar-refractivity contribution < 1.29 is 4.79 Å². The van der Waals surface area contributed by atoms with Crippen molar-refractivity contribution in [1.82, 2.24) is 4.98 Å². The van der Waals surface area contributed by atoms with Gasteiger partial charge in [0.25, 0.3) is 0 Å². The summed E-state index contributed by atoms with van der Waals surface area (Å²) in [6.45, 7) is 5.57. The van der Waals surface area contributed by atoms with Crippen molar-refractivity contribution in [3.8, 4) is 10.6 Å². The third-order valence-corrected chi connectivity index (χ3v) is 4.88. The lowest BCUT2D eigenvalue weighted by atomic mass is 9.95. The molecule has 0 unspecified atom stereocenters. The van der Waals surface area contributed by atoms with Gasteiger partial charge in [0.15, 0.2) is 5.15 Å². The molecule has 0 bridgehead atoms. The Balaban J connectivity index is 1.91. The van der Waals surface area contributed by atoms with Crippen LogP contribution in [0, 0.1) is 5.41 Å². The SMILES string of the molecule is CC(C)(C)C(=O)Nc1ccc(-c2cc3ccccc3s2)nc1Cl. The number of thiophene rings is 1. The van der Waals surface area contributed by atoms with Crippen LogP contribution in [0.15, 0.2) is 42.5 Å². The van der Waals surface area contributed by atoms with Gasteiger partial charge in [0, 0.05) is 10.1 Å². The topological polar surface area (TPSA) is 42.0 Å². The number of pyridine rings is 1. The highest BCUT2D eigenvalue weighted by Crippen LogP contribution is 2.34. The first-order chi connectivity index (χ1) is 10.8. The number of fused-ring (bicyclic) bond motifs is 1. The van der Waals surface area contributed by atoms with Crippen LogP contribution in [0.25, 0.3) is 20.7 Å². The highest BCUT2D eigenvalue weighted by molar-refractivity contribution is 7.22. The smallest absolute Gasteiger partial charge is 0.229 e. The Morgan fingerprint density at radius 2 is 1.91 bits per heavy atom. The lowest BCUT2D eigenvalue weighted by molar-refractivity contribution is -0.123. The molecule has 0 saturated carbocycles. The fraction of sp³-hybridized carbons (Fsp3) is 0.222. The number of nitrogens with one attached hydrogen (secondary N) is 1. The van der Waals surface area contributed by atoms with E-state index < -0.39 is 5.41 Å². The van der Waals surface area contributed by atoms with E-state index in [2.05, 4.69) is 28.5 Å². The van der Waals surface area contributed by atoms with E-state index in [9.17, 15) is 4.79 Å². The fourth-order valence-electron chi connectivity index (χ4n) is 2.08. The molecule has 3 aromatic rings. The summed E-state index contributed by atoms with van der Waals surface area (Å²) >= 11 is 7.93. The minimum Gasteiger partial charge on any atom is -0.323 e. The van der Waals surface area contributed by atoms with Crippen LogP contribution >= 0.6 is 22.9 Å². The number of carbonyl (C=O) groups excluding carboxylic acids is 1. The fourth-order valence-corrected chi connectivity index (χ4v) is 3.32. The standard InChI is InChI=1S/C18H17ClN2OS/c1-18(2,3)17(22)21-13-9-8-12(20-16(13)19)15-10-11-6-4-5-7-14(11)23-15/h4-10H,1-3H3,(H,21,22). The van der Waals surface area contributed by atoms with Gasteiger partial charge in [0.05, 0.1) is 16.3 Å². The predicted molar refractivity (Wildman–Crippen MR) is 98.2 cm³/mol. The van der Waals surface area contributed by atoms with Crippen LogP contribution in [0.4, 0.5) is 5.69 Å². The second-order valence-electron chi connectivity index (χ2n) is 6.39. The first-order valence-electron chi connectivity index (χ1n) is 7.31. The summed E-state index contributed by atoms with van der Waals surface area (Å²) in [4.78, 5) is 17.6. The number of hydrogen-bond donors (Lipinski definition) is 1. The van der Waals surface area contributed by atoms with Crippen molar-refractivity contribution in [1.29, 1.82) is 0 Å². The Morgan fingerprint density at radius 1 is 1.17 bits per heavy atom. The van der Waals surface area contributed by atoms with E-state index in [0.29, 0.717) is 10.8 Å². The first kappa shape index (κ1) is 16.0. The normalized spacial score (nSPS) is 11.7. The van der Waals surface area contributed by atoms with Gasteiger partial charge in [-0.05, 0) is 29.7 Å². The summed E-state index contributed by atoms with van der Waals surface area (Å²) in [7, 11) is 0. The van der Waals surface area contributed by atoms with E-state index in [1.807, 2.05) is 39.0 Å². The van der Waals surface area contributed by atoms with Crippen LogP contribution in [-0.4, -0.2) is 10.9 Å². The van der Waals surface area contributed by atoms with Crippen LogP contribution in [0.2, 0.25) is 5.15 Å². The molecule has 0 saturated heterocycles. The number of rotatable bonds is 2. The molecule has 118 valence electrons. The van der Waals surface area contributed by atoms with E-state index in [1.165, 1.54) is 10.1 Å². The van der Waals surface area contributed by atoms with E-state index in [4.69, 9.17) is 11.6 Å². The van der Waals surface area contributed by atoms with Crippen molar-refractivity contribution in [3.63, 3.8) is 0 Å². The number of nitrogens with zero attached hydrogens (tertiary/aromatic N) is 1. The number of benzene rings is 1. The van der Waals surface area contributed by atoms with Crippen LogP contribution in [0.3, 0.4) is 0 Å². The summed E-state index contributed by atoms with van der Waals surface area (Å²) in [6, 6.07) is 14.0. The maximum absolute atomic E-state index is 12.1. The molecule has 3 rings (SSSR count). The van der Waals surface area contributed by atoms with Crippen molar-refractivity contribution in [3.05, 3.63) is 47.6 Å². The Hall–Kier alpha value is -1.91. The number of aromatic nitrogens is 1. The van der Waals surface area contributed by atoms with E-state index >= 15 is 0 Å². The van der Waals surface area contributed by atoms with Gasteiger partial charge in [-0.1, -0.05) is 50.6 Å². The Bertz CT molecular complexity index is 847. The summed E-state index contributed by atoms with van der Waals surface area (Å²) in [5, 5.41) is 4.32. The zero-order chi connectivity index (χ0) is 16.6. The molecule has 2 aromatic heterocycles. The molecule has 0 radical (unpaired) electrons. The molecular weight excluding hydrogens is 328 g/mol. The minimum atomic E-state index is -0.479. The molecule has 0 aliphatic heterocycles. The molecule has 1 N–H and O–H groups in total. The number of halogens is 1. The van der Waals surface area contributed by atoms with Crippen LogP contribution in [-0.2, 0) is 4.79 Å². The molecule has 0 aliphatic carbocycles. The van der Waals surface area contributed by atoms with Crippen molar-refractivity contribution in [2.45, 2.75) is 20.8 Å². The molecule has 0 fully saturated rings. The minimum absolute atomic E-state index is 0.0872. The molecule has 2 heterocycles. The highest BCUT2D eigenvalue weighted by Gasteiger charge is 2.22. The van der Waals surface area contributed by atoms with E-state index in [1.54, 1.807) is 17.4 Å². The van der Waals surface area contributed by atoms with Gasteiger partial charge in [-0.3, -0.25) is 4.79 Å². The Kier molecular flexibility index (Phi) is 4.13.